The first-order chi connectivity index (χ1) is 32.0. The van der Waals surface area contributed by atoms with Gasteiger partial charge in [-0.2, -0.15) is 0 Å². The zero-order valence-electron chi connectivity index (χ0n) is 42.2. The average molecular weight is 903 g/mol. The molecule has 0 aromatic carbocycles. The van der Waals surface area contributed by atoms with Crippen molar-refractivity contribution in [3.8, 4) is 0 Å². The standard InChI is InChI=1S/C59H98O6/c1-4-7-10-13-16-19-22-24-26-28-29-31-33-35-38-40-43-46-49-52-58(61)64-55-56(65-59(62)53-50-47-44-41-36-21-18-15-12-9-6-3)54-63-57(60)51-48-45-42-39-37-34-32-30-27-25-23-20-17-14-11-8-5-2/h16,19,24-27,29,31-32,34-35,38-39,42-43,46,56H,4-15,17-18,20-23,28,30,33,36-37,40-41,44-45,47-55H2,1-3H3/b19-16-,26-24-,27-25-,31-29-,34-32-,38-35-,42-39-,46-43-/t56-/m0/s1. The van der Waals surface area contributed by atoms with E-state index in [1.165, 1.54) is 122 Å². The minimum Gasteiger partial charge on any atom is -0.462 e. The van der Waals surface area contributed by atoms with E-state index < -0.39 is 6.10 Å². The third-order valence-corrected chi connectivity index (χ3v) is 11.1. The molecule has 0 heterocycles. The van der Waals surface area contributed by atoms with Gasteiger partial charge in [0.05, 0.1) is 0 Å². The molecule has 370 valence electrons. The molecule has 0 aromatic rings. The van der Waals surface area contributed by atoms with Gasteiger partial charge >= 0.3 is 17.9 Å². The Morgan fingerprint density at radius 2 is 0.600 bits per heavy atom. The van der Waals surface area contributed by atoms with Crippen molar-refractivity contribution in [1.29, 1.82) is 0 Å². The second-order valence-corrected chi connectivity index (χ2v) is 17.4. The summed E-state index contributed by atoms with van der Waals surface area (Å²) in [5.74, 6) is -1.06. The number of carbonyl (C=O) groups excluding carboxylic acids is 3. The molecule has 0 amide bonds. The molecule has 0 saturated heterocycles. The van der Waals surface area contributed by atoms with Crippen LogP contribution in [0.4, 0.5) is 0 Å². The molecule has 65 heavy (non-hydrogen) atoms. The Balaban J connectivity index is 4.53. The van der Waals surface area contributed by atoms with E-state index in [1.807, 2.05) is 6.08 Å². The van der Waals surface area contributed by atoms with Crippen LogP contribution in [0.3, 0.4) is 0 Å². The third kappa shape index (κ3) is 51.2. The first-order valence-electron chi connectivity index (χ1n) is 26.7. The third-order valence-electron chi connectivity index (χ3n) is 11.1. The van der Waals surface area contributed by atoms with Crippen LogP contribution in [-0.4, -0.2) is 37.2 Å². The van der Waals surface area contributed by atoms with Gasteiger partial charge in [0.15, 0.2) is 6.10 Å². The van der Waals surface area contributed by atoms with Gasteiger partial charge in [0.1, 0.15) is 13.2 Å². The van der Waals surface area contributed by atoms with Crippen LogP contribution in [0, 0.1) is 0 Å². The predicted molar refractivity (Wildman–Crippen MR) is 279 cm³/mol. The summed E-state index contributed by atoms with van der Waals surface area (Å²) in [5, 5.41) is 0. The van der Waals surface area contributed by atoms with Gasteiger partial charge in [-0.25, -0.2) is 0 Å². The molecule has 6 nitrogen and oxygen atoms in total. The highest BCUT2D eigenvalue weighted by molar-refractivity contribution is 5.71. The fourth-order valence-electron chi connectivity index (χ4n) is 7.03. The van der Waals surface area contributed by atoms with Crippen LogP contribution < -0.4 is 0 Å². The van der Waals surface area contributed by atoms with E-state index in [0.717, 1.165) is 64.2 Å². The van der Waals surface area contributed by atoms with Gasteiger partial charge < -0.3 is 14.2 Å². The predicted octanol–water partition coefficient (Wildman–Crippen LogP) is 17.8. The van der Waals surface area contributed by atoms with Gasteiger partial charge in [-0.05, 0) is 89.9 Å². The molecule has 0 saturated carbocycles. The molecule has 1 atom stereocenters. The van der Waals surface area contributed by atoms with Crippen LogP contribution in [0.1, 0.15) is 239 Å². The normalized spacial score (nSPS) is 12.8. The topological polar surface area (TPSA) is 78.9 Å². The fraction of sp³-hybridized carbons (Fsp3) is 0.678. The van der Waals surface area contributed by atoms with E-state index in [1.54, 1.807) is 0 Å². The largest absolute Gasteiger partial charge is 0.462 e. The zero-order chi connectivity index (χ0) is 47.2. The van der Waals surface area contributed by atoms with Crippen molar-refractivity contribution in [2.45, 2.75) is 245 Å². The quantitative estimate of drug-likeness (QED) is 0.0262. The van der Waals surface area contributed by atoms with Gasteiger partial charge in [0.25, 0.3) is 0 Å². The monoisotopic (exact) mass is 903 g/mol. The van der Waals surface area contributed by atoms with Crippen LogP contribution in [0.15, 0.2) is 97.2 Å². The number of unbranched alkanes of at least 4 members (excludes halogenated alkanes) is 20. The van der Waals surface area contributed by atoms with Gasteiger partial charge in [-0.1, -0.05) is 227 Å². The van der Waals surface area contributed by atoms with Crippen molar-refractivity contribution >= 4 is 17.9 Å². The van der Waals surface area contributed by atoms with Crippen molar-refractivity contribution in [3.63, 3.8) is 0 Å². The zero-order valence-corrected chi connectivity index (χ0v) is 42.2. The van der Waals surface area contributed by atoms with E-state index in [0.29, 0.717) is 19.3 Å². The molecule has 0 aromatic heterocycles. The molecule has 0 aliphatic rings. The van der Waals surface area contributed by atoms with E-state index >= 15 is 0 Å². The number of hydrogen-bond donors (Lipinski definition) is 0. The first kappa shape index (κ1) is 61.3. The lowest BCUT2D eigenvalue weighted by Gasteiger charge is -2.18. The second-order valence-electron chi connectivity index (χ2n) is 17.4. The van der Waals surface area contributed by atoms with Crippen LogP contribution in [0.2, 0.25) is 0 Å². The minimum absolute atomic E-state index is 0.126. The van der Waals surface area contributed by atoms with Gasteiger partial charge in [0, 0.05) is 19.3 Å². The number of esters is 3. The summed E-state index contributed by atoms with van der Waals surface area (Å²) < 4.78 is 16.7. The molecule has 0 spiro atoms. The number of hydrogen-bond acceptors (Lipinski definition) is 6. The summed E-state index contributed by atoms with van der Waals surface area (Å²) >= 11 is 0. The highest BCUT2D eigenvalue weighted by Gasteiger charge is 2.19. The Hall–Kier alpha value is -3.67. The first-order valence-corrected chi connectivity index (χ1v) is 26.7. The van der Waals surface area contributed by atoms with E-state index in [2.05, 4.69) is 112 Å². The van der Waals surface area contributed by atoms with Crippen LogP contribution >= 0.6 is 0 Å². The molecular formula is C59H98O6. The summed E-state index contributed by atoms with van der Waals surface area (Å²) in [6.07, 6.45) is 69.8. The lowest BCUT2D eigenvalue weighted by molar-refractivity contribution is -0.166. The summed E-state index contributed by atoms with van der Waals surface area (Å²) in [6, 6.07) is 0. The van der Waals surface area contributed by atoms with Crippen molar-refractivity contribution < 1.29 is 28.6 Å². The van der Waals surface area contributed by atoms with E-state index in [-0.39, 0.29) is 44.0 Å². The van der Waals surface area contributed by atoms with Crippen molar-refractivity contribution in [3.05, 3.63) is 97.2 Å². The molecule has 0 rings (SSSR count). The van der Waals surface area contributed by atoms with Gasteiger partial charge in [-0.3, -0.25) is 14.4 Å². The van der Waals surface area contributed by atoms with E-state index in [4.69, 9.17) is 14.2 Å². The molecule has 0 N–H and O–H groups in total. The Morgan fingerprint density at radius 3 is 1.03 bits per heavy atom. The maximum atomic E-state index is 12.8. The maximum Gasteiger partial charge on any atom is 0.306 e. The van der Waals surface area contributed by atoms with Crippen molar-refractivity contribution in [1.82, 2.24) is 0 Å². The molecule has 0 fully saturated rings. The van der Waals surface area contributed by atoms with Gasteiger partial charge in [0.2, 0.25) is 0 Å². The summed E-state index contributed by atoms with van der Waals surface area (Å²) in [7, 11) is 0. The average Bonchev–Trinajstić information content (AvgIpc) is 3.30. The molecular weight excluding hydrogens is 805 g/mol. The second kappa shape index (κ2) is 52.9. The highest BCUT2D eigenvalue weighted by atomic mass is 16.6. The lowest BCUT2D eigenvalue weighted by Crippen LogP contribution is -2.30. The lowest BCUT2D eigenvalue weighted by atomic mass is 10.1. The number of carbonyl (C=O) groups is 3. The van der Waals surface area contributed by atoms with Crippen LogP contribution in [0.5, 0.6) is 0 Å². The number of rotatable bonds is 47. The Labute approximate surface area is 400 Å². The molecule has 0 unspecified atom stereocenters. The van der Waals surface area contributed by atoms with Crippen LogP contribution in [-0.2, 0) is 28.6 Å². The smallest absolute Gasteiger partial charge is 0.306 e. The molecule has 0 aliphatic heterocycles. The van der Waals surface area contributed by atoms with Gasteiger partial charge in [-0.15, -0.1) is 0 Å². The Bertz CT molecular complexity index is 1310. The molecule has 0 aliphatic carbocycles. The molecule has 6 heteroatoms. The molecule has 0 bridgehead atoms. The summed E-state index contributed by atoms with van der Waals surface area (Å²) in [5.41, 5.74) is 0. The number of allylic oxidation sites excluding steroid dienone is 16. The summed E-state index contributed by atoms with van der Waals surface area (Å²) in [4.78, 5) is 37.9. The highest BCUT2D eigenvalue weighted by Crippen LogP contribution is 2.13. The van der Waals surface area contributed by atoms with Crippen molar-refractivity contribution in [2.24, 2.45) is 0 Å². The number of ether oxygens (including phenoxy) is 3. The molecule has 0 radical (unpaired) electrons. The van der Waals surface area contributed by atoms with Crippen LogP contribution in [0.25, 0.3) is 0 Å². The fourth-order valence-corrected chi connectivity index (χ4v) is 7.03. The Morgan fingerprint density at radius 1 is 0.308 bits per heavy atom. The Kier molecular flexibility index (Phi) is 50.0. The van der Waals surface area contributed by atoms with Crippen molar-refractivity contribution in [2.75, 3.05) is 13.2 Å². The summed E-state index contributed by atoms with van der Waals surface area (Å²) in [6.45, 7) is 6.48. The maximum absolute atomic E-state index is 12.8. The SMILES string of the molecule is CCCCC/C=C\C/C=C\C/C=C\C/C=C\C/C=C\CCC(=O)OC[C@H](COC(=O)CCC/C=C\C/C=C\C/C=C\CCCCCCCC)OC(=O)CCCCCCCCCCCCC. The van der Waals surface area contributed by atoms with E-state index in [9.17, 15) is 14.4 Å². The minimum atomic E-state index is -0.826.